The first-order valence-electron chi connectivity index (χ1n) is 5.76. The van der Waals surface area contributed by atoms with Gasteiger partial charge in [0.1, 0.15) is 27.3 Å². The molecule has 0 bridgehead atoms. The van der Waals surface area contributed by atoms with Crippen LogP contribution in [0.5, 0.6) is 0 Å². The van der Waals surface area contributed by atoms with Crippen LogP contribution >= 0.6 is 0 Å². The van der Waals surface area contributed by atoms with Crippen LogP contribution in [0.15, 0.2) is 6.07 Å². The molecule has 1 unspecified atom stereocenters. The molecule has 7 heteroatoms. The molecule has 0 aliphatic heterocycles. The topological polar surface area (TPSA) is 98.0 Å². The number of nitrogens with one attached hydrogen (secondary N) is 1. The Morgan fingerprint density at radius 2 is 1.94 bits per heavy atom. The van der Waals surface area contributed by atoms with E-state index in [4.69, 9.17) is 5.73 Å². The fourth-order valence-electron chi connectivity index (χ4n) is 1.57. The standard InChI is InChI=1S/C11H20N4O2S/c1-7(2)11-14-9(12)5-10(15-11)13-8(3)6-18(4,16)17/h5,7-8H,6H2,1-4H3,(H3,12,13,14,15). The Balaban J connectivity index is 2.84. The van der Waals surface area contributed by atoms with E-state index in [9.17, 15) is 8.42 Å². The van der Waals surface area contributed by atoms with Gasteiger partial charge in [0.25, 0.3) is 0 Å². The minimum atomic E-state index is -3.02. The van der Waals surface area contributed by atoms with Crippen molar-refractivity contribution in [1.82, 2.24) is 9.97 Å². The maximum atomic E-state index is 11.2. The third kappa shape index (κ3) is 4.87. The van der Waals surface area contributed by atoms with Crippen molar-refractivity contribution in [2.75, 3.05) is 23.1 Å². The number of nitrogens with two attached hydrogens (primary N) is 1. The van der Waals surface area contributed by atoms with Crippen LogP contribution < -0.4 is 11.1 Å². The van der Waals surface area contributed by atoms with Gasteiger partial charge in [-0.3, -0.25) is 0 Å². The maximum Gasteiger partial charge on any atom is 0.149 e. The molecule has 0 aromatic carbocycles. The van der Waals surface area contributed by atoms with E-state index in [1.54, 1.807) is 13.0 Å². The van der Waals surface area contributed by atoms with Gasteiger partial charge in [-0.05, 0) is 6.92 Å². The van der Waals surface area contributed by atoms with Crippen molar-refractivity contribution in [2.45, 2.75) is 32.7 Å². The van der Waals surface area contributed by atoms with E-state index in [0.29, 0.717) is 17.5 Å². The summed E-state index contributed by atoms with van der Waals surface area (Å²) in [4.78, 5) is 8.43. The van der Waals surface area contributed by atoms with Crippen LogP contribution in [0, 0.1) is 0 Å². The van der Waals surface area contributed by atoms with E-state index in [0.717, 1.165) is 0 Å². The second-order valence-corrected chi connectivity index (χ2v) is 7.01. The summed E-state index contributed by atoms with van der Waals surface area (Å²) in [6.07, 6.45) is 1.21. The Labute approximate surface area is 108 Å². The number of rotatable bonds is 5. The molecule has 0 spiro atoms. The second-order valence-electron chi connectivity index (χ2n) is 4.83. The summed E-state index contributed by atoms with van der Waals surface area (Å²) in [7, 11) is -3.02. The molecular weight excluding hydrogens is 252 g/mol. The van der Waals surface area contributed by atoms with Gasteiger partial charge < -0.3 is 11.1 Å². The highest BCUT2D eigenvalue weighted by molar-refractivity contribution is 7.90. The van der Waals surface area contributed by atoms with Crippen LogP contribution in [0.2, 0.25) is 0 Å². The molecular formula is C11H20N4O2S. The molecule has 102 valence electrons. The lowest BCUT2D eigenvalue weighted by molar-refractivity contribution is 0.598. The molecule has 0 aliphatic carbocycles. The van der Waals surface area contributed by atoms with E-state index >= 15 is 0 Å². The summed E-state index contributed by atoms with van der Waals surface area (Å²) in [6.45, 7) is 5.73. The van der Waals surface area contributed by atoms with Gasteiger partial charge in [0, 0.05) is 24.3 Å². The Morgan fingerprint density at radius 3 is 2.44 bits per heavy atom. The smallest absolute Gasteiger partial charge is 0.149 e. The number of nitrogens with zero attached hydrogens (tertiary/aromatic N) is 2. The molecule has 1 atom stereocenters. The lowest BCUT2D eigenvalue weighted by atomic mass is 10.2. The molecule has 1 aromatic rings. The van der Waals surface area contributed by atoms with Gasteiger partial charge in [0.05, 0.1) is 5.75 Å². The summed E-state index contributed by atoms with van der Waals surface area (Å²) >= 11 is 0. The van der Waals surface area contributed by atoms with Crippen molar-refractivity contribution in [3.8, 4) is 0 Å². The van der Waals surface area contributed by atoms with Gasteiger partial charge in [-0.2, -0.15) is 0 Å². The number of sulfone groups is 1. The van der Waals surface area contributed by atoms with Crippen molar-refractivity contribution in [3.05, 3.63) is 11.9 Å². The Morgan fingerprint density at radius 1 is 1.33 bits per heavy atom. The maximum absolute atomic E-state index is 11.2. The Hall–Kier alpha value is -1.37. The van der Waals surface area contributed by atoms with E-state index in [1.165, 1.54) is 6.26 Å². The Kier molecular flexibility index (Phi) is 4.50. The first kappa shape index (κ1) is 14.7. The van der Waals surface area contributed by atoms with Crippen molar-refractivity contribution < 1.29 is 8.42 Å². The van der Waals surface area contributed by atoms with Crippen molar-refractivity contribution in [3.63, 3.8) is 0 Å². The van der Waals surface area contributed by atoms with Crippen LogP contribution in [0.3, 0.4) is 0 Å². The molecule has 3 N–H and O–H groups in total. The van der Waals surface area contributed by atoms with Crippen LogP contribution in [0.1, 0.15) is 32.5 Å². The molecule has 0 saturated carbocycles. The molecule has 1 aromatic heterocycles. The lowest BCUT2D eigenvalue weighted by Gasteiger charge is -2.15. The van der Waals surface area contributed by atoms with Gasteiger partial charge in [-0.15, -0.1) is 0 Å². The molecule has 0 aliphatic rings. The van der Waals surface area contributed by atoms with Crippen LogP contribution in [0.4, 0.5) is 11.6 Å². The zero-order chi connectivity index (χ0) is 13.9. The minimum Gasteiger partial charge on any atom is -0.384 e. The molecule has 0 radical (unpaired) electrons. The lowest BCUT2D eigenvalue weighted by Crippen LogP contribution is -2.25. The zero-order valence-electron chi connectivity index (χ0n) is 11.1. The monoisotopic (exact) mass is 272 g/mol. The molecule has 0 fully saturated rings. The van der Waals surface area contributed by atoms with Gasteiger partial charge >= 0.3 is 0 Å². The first-order valence-corrected chi connectivity index (χ1v) is 7.82. The predicted molar refractivity (Wildman–Crippen MR) is 73.3 cm³/mol. The fraction of sp³-hybridized carbons (Fsp3) is 0.636. The summed E-state index contributed by atoms with van der Waals surface area (Å²) in [5.41, 5.74) is 5.69. The Bertz CT molecular complexity index is 514. The SMILES string of the molecule is CC(CS(C)(=O)=O)Nc1cc(N)nc(C(C)C)n1. The van der Waals surface area contributed by atoms with E-state index in [1.807, 2.05) is 13.8 Å². The predicted octanol–water partition coefficient (Wildman–Crippen LogP) is 1.03. The number of aromatic nitrogens is 2. The van der Waals surface area contributed by atoms with Gasteiger partial charge in [0.2, 0.25) is 0 Å². The fourth-order valence-corrected chi connectivity index (χ4v) is 2.56. The van der Waals surface area contributed by atoms with Gasteiger partial charge in [0.15, 0.2) is 0 Å². The average Bonchev–Trinajstić information content (AvgIpc) is 2.12. The summed E-state index contributed by atoms with van der Waals surface area (Å²) < 4.78 is 22.4. The van der Waals surface area contributed by atoms with Crippen LogP contribution in [0.25, 0.3) is 0 Å². The third-order valence-electron chi connectivity index (χ3n) is 2.23. The zero-order valence-corrected chi connectivity index (χ0v) is 12.0. The normalized spacial score (nSPS) is 13.6. The van der Waals surface area contributed by atoms with Gasteiger partial charge in [-0.25, -0.2) is 18.4 Å². The van der Waals surface area contributed by atoms with Crippen molar-refractivity contribution in [2.24, 2.45) is 0 Å². The van der Waals surface area contributed by atoms with Gasteiger partial charge in [-0.1, -0.05) is 13.8 Å². The van der Waals surface area contributed by atoms with Crippen LogP contribution in [-0.4, -0.2) is 36.4 Å². The van der Waals surface area contributed by atoms with E-state index in [2.05, 4.69) is 15.3 Å². The molecule has 1 heterocycles. The number of anilines is 2. The van der Waals surface area contributed by atoms with Crippen molar-refractivity contribution in [1.29, 1.82) is 0 Å². The summed E-state index contributed by atoms with van der Waals surface area (Å²) in [6, 6.07) is 1.37. The van der Waals surface area contributed by atoms with Crippen LogP contribution in [-0.2, 0) is 9.84 Å². The highest BCUT2D eigenvalue weighted by Crippen LogP contribution is 2.15. The molecule has 6 nitrogen and oxygen atoms in total. The molecule has 1 rings (SSSR count). The largest absolute Gasteiger partial charge is 0.384 e. The number of hydrogen-bond acceptors (Lipinski definition) is 6. The van der Waals surface area contributed by atoms with E-state index in [-0.39, 0.29) is 17.7 Å². The molecule has 0 saturated heterocycles. The average molecular weight is 272 g/mol. The minimum absolute atomic E-state index is 0.0495. The molecule has 0 amide bonds. The molecule has 18 heavy (non-hydrogen) atoms. The highest BCUT2D eigenvalue weighted by atomic mass is 32.2. The second kappa shape index (κ2) is 5.51. The quantitative estimate of drug-likeness (QED) is 0.830. The first-order chi connectivity index (χ1) is 8.17. The number of nitrogen functional groups attached to an aromatic ring is 1. The van der Waals surface area contributed by atoms with E-state index < -0.39 is 9.84 Å². The highest BCUT2D eigenvalue weighted by Gasteiger charge is 2.12. The third-order valence-corrected chi connectivity index (χ3v) is 3.33. The van der Waals surface area contributed by atoms with Crippen molar-refractivity contribution >= 4 is 21.5 Å². The number of hydrogen-bond donors (Lipinski definition) is 2. The summed E-state index contributed by atoms with van der Waals surface area (Å²) in [5.74, 6) is 1.79. The summed E-state index contributed by atoms with van der Waals surface area (Å²) in [5, 5.41) is 3.02.